The molecule has 0 aromatic carbocycles. The summed E-state index contributed by atoms with van der Waals surface area (Å²) in [5, 5.41) is 0. The van der Waals surface area contributed by atoms with Gasteiger partial charge in [0.1, 0.15) is 0 Å². The lowest BCUT2D eigenvalue weighted by Gasteiger charge is -2.12. The van der Waals surface area contributed by atoms with Crippen LogP contribution in [0.3, 0.4) is 0 Å². The predicted molar refractivity (Wildman–Crippen MR) is 103 cm³/mol. The van der Waals surface area contributed by atoms with Gasteiger partial charge >= 0.3 is 0 Å². The molecule has 0 rings (SSSR count). The first kappa shape index (κ1) is 22.8. The second kappa shape index (κ2) is 18.1. The van der Waals surface area contributed by atoms with Gasteiger partial charge in [0.2, 0.25) is 5.91 Å². The summed E-state index contributed by atoms with van der Waals surface area (Å²) < 4.78 is 0. The largest absolute Gasteiger partial charge is 0.332 e. The first-order valence-electron chi connectivity index (χ1n) is 10.0. The van der Waals surface area contributed by atoms with E-state index >= 15 is 0 Å². The molecule has 0 aliphatic heterocycles. The van der Waals surface area contributed by atoms with Crippen LogP contribution in [0.2, 0.25) is 0 Å². The van der Waals surface area contributed by atoms with Crippen molar-refractivity contribution >= 4 is 17.5 Å². The van der Waals surface area contributed by atoms with Crippen LogP contribution in [0.25, 0.3) is 0 Å². The standard InChI is InChI=1S/C20H40ClNO/c1-3-4-5-6-7-8-9-10-11-12-13-14-15-16-17-18-20(23)22(2)19-21/h3-19H2,1-2H3. The Hall–Kier alpha value is -0.240. The molecule has 1 amide bonds. The summed E-state index contributed by atoms with van der Waals surface area (Å²) >= 11 is 5.62. The van der Waals surface area contributed by atoms with Gasteiger partial charge in [-0.25, -0.2) is 0 Å². The van der Waals surface area contributed by atoms with Crippen molar-refractivity contribution in [2.24, 2.45) is 0 Å². The highest BCUT2D eigenvalue weighted by Gasteiger charge is 2.05. The van der Waals surface area contributed by atoms with Gasteiger partial charge in [0.15, 0.2) is 0 Å². The molecule has 2 nitrogen and oxygen atoms in total. The third kappa shape index (κ3) is 16.4. The van der Waals surface area contributed by atoms with Gasteiger partial charge < -0.3 is 4.90 Å². The lowest BCUT2D eigenvalue weighted by Crippen LogP contribution is -2.24. The van der Waals surface area contributed by atoms with E-state index in [-0.39, 0.29) is 5.91 Å². The van der Waals surface area contributed by atoms with Crippen molar-refractivity contribution in [2.75, 3.05) is 13.1 Å². The Balaban J connectivity index is 3.09. The molecule has 0 radical (unpaired) electrons. The molecule has 138 valence electrons. The fourth-order valence-electron chi connectivity index (χ4n) is 2.91. The van der Waals surface area contributed by atoms with Gasteiger partial charge in [-0.2, -0.15) is 0 Å². The first-order valence-corrected chi connectivity index (χ1v) is 10.6. The molecule has 0 saturated heterocycles. The van der Waals surface area contributed by atoms with Gasteiger partial charge in [-0.05, 0) is 6.42 Å². The fraction of sp³-hybridized carbons (Fsp3) is 0.950. The zero-order valence-electron chi connectivity index (χ0n) is 15.8. The number of halogens is 1. The summed E-state index contributed by atoms with van der Waals surface area (Å²) in [5.74, 6) is 0.176. The van der Waals surface area contributed by atoms with Crippen LogP contribution in [0.5, 0.6) is 0 Å². The van der Waals surface area contributed by atoms with E-state index in [1.54, 1.807) is 11.9 Å². The van der Waals surface area contributed by atoms with E-state index in [4.69, 9.17) is 11.6 Å². The molecule has 0 unspecified atom stereocenters. The number of unbranched alkanes of at least 4 members (excludes halogenated alkanes) is 14. The number of hydrogen-bond acceptors (Lipinski definition) is 1. The van der Waals surface area contributed by atoms with Crippen molar-refractivity contribution < 1.29 is 4.79 Å². The monoisotopic (exact) mass is 345 g/mol. The highest BCUT2D eigenvalue weighted by atomic mass is 35.5. The quantitative estimate of drug-likeness (QED) is 0.159. The van der Waals surface area contributed by atoms with E-state index in [0.29, 0.717) is 12.4 Å². The minimum atomic E-state index is 0.176. The minimum absolute atomic E-state index is 0.176. The van der Waals surface area contributed by atoms with Crippen molar-refractivity contribution in [3.05, 3.63) is 0 Å². The lowest BCUT2D eigenvalue weighted by molar-refractivity contribution is -0.129. The van der Waals surface area contributed by atoms with Crippen LogP contribution >= 0.6 is 11.6 Å². The SMILES string of the molecule is CCCCCCCCCCCCCCCCCC(=O)N(C)CCl. The average Bonchev–Trinajstić information content (AvgIpc) is 2.57. The number of nitrogens with zero attached hydrogens (tertiary/aromatic N) is 1. The third-order valence-corrected chi connectivity index (χ3v) is 4.96. The van der Waals surface area contributed by atoms with Gasteiger partial charge in [-0.1, -0.05) is 96.8 Å². The maximum absolute atomic E-state index is 11.5. The van der Waals surface area contributed by atoms with Crippen molar-refractivity contribution in [2.45, 2.75) is 110 Å². The molecule has 23 heavy (non-hydrogen) atoms. The summed E-state index contributed by atoms with van der Waals surface area (Å²) in [4.78, 5) is 13.1. The number of rotatable bonds is 17. The molecule has 0 bridgehead atoms. The number of hydrogen-bond donors (Lipinski definition) is 0. The molecular weight excluding hydrogens is 306 g/mol. The predicted octanol–water partition coefficient (Wildman–Crippen LogP) is 6.90. The topological polar surface area (TPSA) is 20.3 Å². The van der Waals surface area contributed by atoms with Gasteiger partial charge in [0.05, 0.1) is 6.00 Å². The second-order valence-electron chi connectivity index (χ2n) is 6.91. The number of amides is 1. The van der Waals surface area contributed by atoms with Crippen molar-refractivity contribution in [3.63, 3.8) is 0 Å². The molecule has 0 aromatic rings. The molecule has 0 aromatic heterocycles. The van der Waals surface area contributed by atoms with E-state index in [2.05, 4.69) is 6.92 Å². The van der Waals surface area contributed by atoms with Gasteiger partial charge in [0, 0.05) is 13.5 Å². The maximum atomic E-state index is 11.5. The summed E-state index contributed by atoms with van der Waals surface area (Å²) in [7, 11) is 1.76. The number of carbonyl (C=O) groups excluding carboxylic acids is 1. The maximum Gasteiger partial charge on any atom is 0.223 e. The van der Waals surface area contributed by atoms with Crippen LogP contribution in [-0.4, -0.2) is 23.9 Å². The van der Waals surface area contributed by atoms with Crippen LogP contribution in [0.1, 0.15) is 110 Å². The normalized spacial score (nSPS) is 10.9. The van der Waals surface area contributed by atoms with Gasteiger partial charge in [0.25, 0.3) is 0 Å². The Bertz CT molecular complexity index is 258. The molecule has 0 fully saturated rings. The third-order valence-electron chi connectivity index (χ3n) is 4.60. The van der Waals surface area contributed by atoms with Crippen LogP contribution in [0.4, 0.5) is 0 Å². The Morgan fingerprint density at radius 2 is 1.04 bits per heavy atom. The molecule has 0 N–H and O–H groups in total. The van der Waals surface area contributed by atoms with Crippen LogP contribution in [0, 0.1) is 0 Å². The van der Waals surface area contributed by atoms with E-state index in [1.165, 1.54) is 89.9 Å². The summed E-state index contributed by atoms with van der Waals surface area (Å²) in [6, 6.07) is 0.303. The van der Waals surface area contributed by atoms with Crippen LogP contribution in [-0.2, 0) is 4.79 Å². The molecule has 0 atom stereocenters. The molecule has 0 aliphatic carbocycles. The first-order chi connectivity index (χ1) is 11.2. The Morgan fingerprint density at radius 1 is 0.696 bits per heavy atom. The van der Waals surface area contributed by atoms with Crippen LogP contribution < -0.4 is 0 Å². The summed E-state index contributed by atoms with van der Waals surface area (Å²) in [6.07, 6.45) is 21.0. The molecule has 3 heteroatoms. The molecule has 0 saturated carbocycles. The Morgan fingerprint density at radius 3 is 1.39 bits per heavy atom. The summed E-state index contributed by atoms with van der Waals surface area (Å²) in [5.41, 5.74) is 0. The highest BCUT2D eigenvalue weighted by molar-refractivity contribution is 6.18. The highest BCUT2D eigenvalue weighted by Crippen LogP contribution is 2.13. The zero-order chi connectivity index (χ0) is 17.2. The molecule has 0 heterocycles. The number of carbonyl (C=O) groups is 1. The average molecular weight is 346 g/mol. The van der Waals surface area contributed by atoms with E-state index in [9.17, 15) is 4.79 Å². The summed E-state index contributed by atoms with van der Waals surface area (Å²) in [6.45, 7) is 2.28. The van der Waals surface area contributed by atoms with E-state index in [0.717, 1.165) is 6.42 Å². The molecule has 0 spiro atoms. The van der Waals surface area contributed by atoms with E-state index in [1.807, 2.05) is 0 Å². The van der Waals surface area contributed by atoms with Crippen molar-refractivity contribution in [1.82, 2.24) is 4.90 Å². The lowest BCUT2D eigenvalue weighted by atomic mass is 10.0. The Labute approximate surface area is 150 Å². The molecular formula is C20H40ClNO. The number of alkyl halides is 1. The minimum Gasteiger partial charge on any atom is -0.332 e. The van der Waals surface area contributed by atoms with Crippen LogP contribution in [0.15, 0.2) is 0 Å². The zero-order valence-corrected chi connectivity index (χ0v) is 16.5. The Kier molecular flexibility index (Phi) is 17.9. The second-order valence-corrected chi connectivity index (χ2v) is 7.15. The smallest absolute Gasteiger partial charge is 0.223 e. The fourth-order valence-corrected chi connectivity index (χ4v) is 3.04. The van der Waals surface area contributed by atoms with E-state index < -0.39 is 0 Å². The van der Waals surface area contributed by atoms with Crippen molar-refractivity contribution in [3.8, 4) is 0 Å². The molecule has 0 aliphatic rings. The van der Waals surface area contributed by atoms with Crippen molar-refractivity contribution in [1.29, 1.82) is 0 Å². The van der Waals surface area contributed by atoms with Gasteiger partial charge in [-0.3, -0.25) is 4.79 Å². The van der Waals surface area contributed by atoms with Gasteiger partial charge in [-0.15, -0.1) is 11.6 Å².